The molecule has 1 saturated carbocycles. The number of aryl methyl sites for hydroxylation is 1. The van der Waals surface area contributed by atoms with Crippen LogP contribution in [0.15, 0.2) is 48.5 Å². The maximum Gasteiger partial charge on any atom is 0.435 e. The smallest absolute Gasteiger partial charge is 0.435 e. The third-order valence-corrected chi connectivity index (χ3v) is 11.9. The molecule has 2 aliphatic carbocycles. The zero-order valence-electron chi connectivity index (χ0n) is 35.7. The van der Waals surface area contributed by atoms with Crippen molar-refractivity contribution in [3.8, 4) is 23.0 Å². The Balaban J connectivity index is 1.26. The van der Waals surface area contributed by atoms with Crippen LogP contribution in [0.2, 0.25) is 0 Å². The number of fused-ring (bicyclic) bond motifs is 4. The second kappa shape index (κ2) is 16.4. The number of anilines is 1. The van der Waals surface area contributed by atoms with Crippen LogP contribution in [0.3, 0.4) is 0 Å². The highest BCUT2D eigenvalue weighted by Gasteiger charge is 2.68. The second-order valence-electron chi connectivity index (χ2n) is 17.6. The SMILES string of the molecule is Cn1nc(NS(C)(=O)=O)c2cccc(-c3ccc(C#CC4CCCCN4C(=O)OC(C)(C)C)nc3[C@H](Cc3cc(F)cc(F)c3)NC(=O)Cn3nc(C(F)(F)F)c4c3C(F)(F)[C@@H]3C[C@H]43)c21. The molecule has 3 aliphatic rings. The van der Waals surface area contributed by atoms with Crippen molar-refractivity contribution in [2.45, 2.75) is 95.1 Å². The van der Waals surface area contributed by atoms with E-state index in [9.17, 15) is 40.0 Å². The number of nitrogens with one attached hydrogen (secondary N) is 2. The summed E-state index contributed by atoms with van der Waals surface area (Å²) in [5.74, 6) is -3.01. The van der Waals surface area contributed by atoms with Crippen LogP contribution < -0.4 is 10.0 Å². The molecule has 2 N–H and O–H groups in total. The van der Waals surface area contributed by atoms with E-state index in [-0.39, 0.29) is 41.2 Å². The molecule has 2 amide bonds. The maximum absolute atomic E-state index is 15.5. The van der Waals surface area contributed by atoms with Crippen LogP contribution in [0, 0.1) is 29.4 Å². The molecule has 8 rings (SSSR count). The number of halogens is 7. The lowest BCUT2D eigenvalue weighted by atomic mass is 9.93. The number of pyridine rings is 1. The Morgan fingerprint density at radius 2 is 1.74 bits per heavy atom. The number of aromatic nitrogens is 5. The molecule has 65 heavy (non-hydrogen) atoms. The highest BCUT2D eigenvalue weighted by atomic mass is 32.2. The largest absolute Gasteiger partial charge is 0.444 e. The van der Waals surface area contributed by atoms with E-state index in [1.807, 2.05) is 0 Å². The molecule has 1 unspecified atom stereocenters. The first kappa shape index (κ1) is 45.4. The van der Waals surface area contributed by atoms with Gasteiger partial charge in [0.2, 0.25) is 15.9 Å². The number of ether oxygens (including phenoxy) is 1. The zero-order valence-corrected chi connectivity index (χ0v) is 36.5. The lowest BCUT2D eigenvalue weighted by molar-refractivity contribution is -0.142. The van der Waals surface area contributed by atoms with Gasteiger partial charge in [-0.05, 0) is 101 Å². The van der Waals surface area contributed by atoms with Crippen LogP contribution in [0.5, 0.6) is 0 Å². The van der Waals surface area contributed by atoms with Crippen molar-refractivity contribution in [1.29, 1.82) is 0 Å². The van der Waals surface area contributed by atoms with Gasteiger partial charge < -0.3 is 10.1 Å². The van der Waals surface area contributed by atoms with Gasteiger partial charge in [-0.2, -0.15) is 32.1 Å². The molecule has 21 heteroatoms. The number of piperidine rings is 1. The number of alkyl halides is 5. The zero-order chi connectivity index (χ0) is 47.0. The monoisotopic (exact) mass is 928 g/mol. The molecule has 3 aromatic heterocycles. The van der Waals surface area contributed by atoms with Gasteiger partial charge in [-0.25, -0.2) is 27.0 Å². The molecule has 4 atom stereocenters. The summed E-state index contributed by atoms with van der Waals surface area (Å²) >= 11 is 0. The number of hydrogen-bond acceptors (Lipinski definition) is 8. The molecule has 4 heterocycles. The number of hydrogen-bond donors (Lipinski definition) is 2. The van der Waals surface area contributed by atoms with E-state index < -0.39 is 98.8 Å². The normalized spacial score (nSPS) is 19.5. The van der Waals surface area contributed by atoms with Gasteiger partial charge in [-0.15, -0.1) is 0 Å². The van der Waals surface area contributed by atoms with Crippen molar-refractivity contribution < 1.29 is 53.5 Å². The fourth-order valence-corrected chi connectivity index (χ4v) is 9.27. The van der Waals surface area contributed by atoms with Crippen LogP contribution >= 0.6 is 0 Å². The average molecular weight is 929 g/mol. The Bertz CT molecular complexity index is 2900. The first-order valence-electron chi connectivity index (χ1n) is 20.6. The molecular weight excluding hydrogens is 886 g/mol. The molecule has 0 radical (unpaired) electrons. The Morgan fingerprint density at radius 1 is 1.02 bits per heavy atom. The number of amides is 2. The third kappa shape index (κ3) is 9.35. The summed E-state index contributed by atoms with van der Waals surface area (Å²) in [4.78, 5) is 33.7. The van der Waals surface area contributed by atoms with Crippen molar-refractivity contribution in [2.75, 3.05) is 17.5 Å². The van der Waals surface area contributed by atoms with E-state index in [0.29, 0.717) is 40.2 Å². The van der Waals surface area contributed by atoms with E-state index in [1.54, 1.807) is 58.2 Å². The number of carbonyl (C=O) groups excluding carboxylic acids is 2. The van der Waals surface area contributed by atoms with Gasteiger partial charge >= 0.3 is 12.3 Å². The van der Waals surface area contributed by atoms with Gasteiger partial charge in [0.05, 0.1) is 29.6 Å². The van der Waals surface area contributed by atoms with E-state index >= 15 is 8.78 Å². The maximum atomic E-state index is 15.5. The minimum atomic E-state index is -5.09. The number of carbonyl (C=O) groups is 2. The summed E-state index contributed by atoms with van der Waals surface area (Å²) in [5.41, 5.74) is -2.74. The fraction of sp³-hybridized carbons (Fsp3) is 0.432. The Hall–Kier alpha value is -6.17. The van der Waals surface area contributed by atoms with E-state index in [4.69, 9.17) is 9.72 Å². The summed E-state index contributed by atoms with van der Waals surface area (Å²) in [6.07, 6.45) is -3.25. The highest BCUT2D eigenvalue weighted by Crippen LogP contribution is 2.68. The Kier molecular flexibility index (Phi) is 11.4. The van der Waals surface area contributed by atoms with Gasteiger partial charge in [0, 0.05) is 47.7 Å². The summed E-state index contributed by atoms with van der Waals surface area (Å²) in [5, 5.41) is 10.9. The van der Waals surface area contributed by atoms with Gasteiger partial charge in [0.1, 0.15) is 35.2 Å². The number of nitrogens with zero attached hydrogens (tertiary/aromatic N) is 6. The third-order valence-electron chi connectivity index (χ3n) is 11.4. The molecule has 344 valence electrons. The minimum absolute atomic E-state index is 0.00891. The summed E-state index contributed by atoms with van der Waals surface area (Å²) < 4.78 is 137. The molecule has 5 aromatic rings. The lowest BCUT2D eigenvalue weighted by Gasteiger charge is -2.34. The van der Waals surface area contributed by atoms with Crippen LogP contribution in [-0.4, -0.2) is 74.3 Å². The molecule has 13 nitrogen and oxygen atoms in total. The highest BCUT2D eigenvalue weighted by molar-refractivity contribution is 7.92. The van der Waals surface area contributed by atoms with Crippen molar-refractivity contribution in [3.63, 3.8) is 0 Å². The molecule has 2 aromatic carbocycles. The van der Waals surface area contributed by atoms with Gasteiger partial charge in [-0.1, -0.05) is 18.1 Å². The van der Waals surface area contributed by atoms with Crippen LogP contribution in [0.1, 0.15) is 92.3 Å². The predicted octanol–water partition coefficient (Wildman–Crippen LogP) is 7.95. The molecule has 1 aliphatic heterocycles. The molecule has 1 saturated heterocycles. The van der Waals surface area contributed by atoms with Crippen LogP contribution in [-0.2, 0) is 51.7 Å². The molecule has 2 fully saturated rings. The predicted molar refractivity (Wildman–Crippen MR) is 223 cm³/mol. The number of sulfonamides is 1. The number of para-hydroxylation sites is 1. The van der Waals surface area contributed by atoms with Crippen molar-refractivity contribution >= 4 is 38.7 Å². The Morgan fingerprint density at radius 3 is 2.42 bits per heavy atom. The molecule has 0 bridgehead atoms. The second-order valence-corrected chi connectivity index (χ2v) is 19.3. The first-order chi connectivity index (χ1) is 30.4. The van der Waals surface area contributed by atoms with E-state index in [0.717, 1.165) is 31.2 Å². The summed E-state index contributed by atoms with van der Waals surface area (Å²) in [6, 6.07) is 8.70. The molecule has 0 spiro atoms. The first-order valence-corrected chi connectivity index (χ1v) is 22.5. The van der Waals surface area contributed by atoms with Crippen LogP contribution in [0.25, 0.3) is 22.0 Å². The number of rotatable bonds is 9. The topological polar surface area (TPSA) is 153 Å². The van der Waals surface area contributed by atoms with Crippen molar-refractivity contribution in [1.82, 2.24) is 34.8 Å². The standard InChI is InChI=1S/C44H43F7N8O5S/c1-42(2,3)64-41(61)58-16-7-6-9-27(58)14-12-26-13-15-28(29-10-8-11-30-37(29)57(4)55-40(30)56-65(5,62)63)36(52-26)33(19-23-17-24(45)20-25(46)18-23)53-34(60)22-59-39-35(38(54-59)44(49,50)51)31-21-32(31)43(39,47)48/h8,10-11,13,15,17-18,20,27,31-33H,6-7,9,16,19,21-22H2,1-5H3,(H,53,60)(H,55,56)/t27?,31-,32+,33-/m0/s1. The van der Waals surface area contributed by atoms with Gasteiger partial charge in [0.25, 0.3) is 5.92 Å². The van der Waals surface area contributed by atoms with E-state index in [2.05, 4.69) is 32.1 Å². The summed E-state index contributed by atoms with van der Waals surface area (Å²) in [7, 11) is -2.25. The number of benzene rings is 2. The lowest BCUT2D eigenvalue weighted by Crippen LogP contribution is -2.45. The Labute approximate surface area is 368 Å². The van der Waals surface area contributed by atoms with E-state index in [1.165, 1.54) is 9.58 Å². The van der Waals surface area contributed by atoms with Crippen LogP contribution in [0.4, 0.5) is 41.3 Å². The minimum Gasteiger partial charge on any atom is -0.444 e. The average Bonchev–Trinajstić information content (AvgIpc) is 3.74. The quantitative estimate of drug-likeness (QED) is 0.112. The molecular formula is C44H43F7N8O5S. The fourth-order valence-electron chi connectivity index (χ4n) is 8.77. The van der Waals surface area contributed by atoms with Gasteiger partial charge in [-0.3, -0.25) is 23.8 Å². The number of likely N-dealkylation sites (tertiary alicyclic amines) is 1. The van der Waals surface area contributed by atoms with Gasteiger partial charge in [0.15, 0.2) is 11.5 Å². The van der Waals surface area contributed by atoms with Crippen molar-refractivity contribution in [3.05, 3.63) is 94.1 Å². The summed E-state index contributed by atoms with van der Waals surface area (Å²) in [6.45, 7) is 4.51. The van der Waals surface area contributed by atoms with Crippen molar-refractivity contribution in [2.24, 2.45) is 13.0 Å².